The van der Waals surface area contributed by atoms with Crippen molar-refractivity contribution < 1.29 is 9.53 Å². The van der Waals surface area contributed by atoms with Crippen LogP contribution in [0.1, 0.15) is 23.3 Å². The minimum Gasteiger partial charge on any atom is -0.379 e. The van der Waals surface area contributed by atoms with Crippen molar-refractivity contribution in [2.45, 2.75) is 12.8 Å². The summed E-state index contributed by atoms with van der Waals surface area (Å²) in [4.78, 5) is 19.5. The number of nitrogens with zero attached hydrogens (tertiary/aromatic N) is 5. The highest BCUT2D eigenvalue weighted by Crippen LogP contribution is 2.22. The number of halogens is 1. The molecular formula is C19H22BrN5O2. The number of ketones is 1. The highest BCUT2D eigenvalue weighted by molar-refractivity contribution is 9.10. The number of carbonyl (C=O) groups excluding carboxylic acids is 1. The second kappa shape index (κ2) is 7.92. The van der Waals surface area contributed by atoms with Crippen LogP contribution in [0.2, 0.25) is 0 Å². The molecule has 3 aromatic rings. The predicted molar refractivity (Wildman–Crippen MR) is 106 cm³/mol. The Bertz CT molecular complexity index is 958. The molecule has 0 aliphatic carbocycles. The molecule has 1 fully saturated rings. The zero-order chi connectivity index (χ0) is 18.8. The summed E-state index contributed by atoms with van der Waals surface area (Å²) in [6, 6.07) is 5.74. The van der Waals surface area contributed by atoms with Crippen LogP contribution in [0, 0.1) is 0 Å². The van der Waals surface area contributed by atoms with E-state index in [1.54, 1.807) is 4.68 Å². The van der Waals surface area contributed by atoms with Crippen LogP contribution < -0.4 is 0 Å². The summed E-state index contributed by atoms with van der Waals surface area (Å²) >= 11 is 3.47. The molecule has 142 valence electrons. The lowest BCUT2D eigenvalue weighted by Gasteiger charge is -2.26. The fourth-order valence-electron chi connectivity index (χ4n) is 3.35. The molecule has 8 heteroatoms. The van der Waals surface area contributed by atoms with E-state index in [0.717, 1.165) is 60.8 Å². The van der Waals surface area contributed by atoms with Gasteiger partial charge in [0, 0.05) is 43.4 Å². The van der Waals surface area contributed by atoms with Gasteiger partial charge in [-0.25, -0.2) is 4.98 Å². The van der Waals surface area contributed by atoms with Crippen molar-refractivity contribution in [1.29, 1.82) is 0 Å². The molecule has 1 aliphatic heterocycles. The number of carbonyl (C=O) groups is 1. The van der Waals surface area contributed by atoms with Gasteiger partial charge >= 0.3 is 0 Å². The van der Waals surface area contributed by atoms with Crippen molar-refractivity contribution in [3.63, 3.8) is 0 Å². The van der Waals surface area contributed by atoms with Gasteiger partial charge in [-0.2, -0.15) is 5.10 Å². The molecule has 0 atom stereocenters. The van der Waals surface area contributed by atoms with E-state index < -0.39 is 0 Å². The molecule has 0 saturated carbocycles. The van der Waals surface area contributed by atoms with E-state index in [1.165, 1.54) is 0 Å². The van der Waals surface area contributed by atoms with E-state index >= 15 is 0 Å². The van der Waals surface area contributed by atoms with Crippen molar-refractivity contribution in [3.8, 4) is 11.4 Å². The van der Waals surface area contributed by atoms with E-state index in [0.29, 0.717) is 12.1 Å². The number of morpholine rings is 1. The van der Waals surface area contributed by atoms with Crippen LogP contribution in [0.3, 0.4) is 0 Å². The van der Waals surface area contributed by atoms with Crippen molar-refractivity contribution in [3.05, 3.63) is 40.8 Å². The first-order chi connectivity index (χ1) is 13.1. The Hall–Kier alpha value is -2.03. The summed E-state index contributed by atoms with van der Waals surface area (Å²) < 4.78 is 10.0. The van der Waals surface area contributed by atoms with Crippen LogP contribution in [0.15, 0.2) is 35.1 Å². The first kappa shape index (κ1) is 18.3. The quantitative estimate of drug-likeness (QED) is 0.561. The molecule has 0 radical (unpaired) electrons. The fraction of sp³-hybridized carbons (Fsp3) is 0.421. The molecule has 27 heavy (non-hydrogen) atoms. The standard InChI is InChI=1S/C19H22BrN5O2/c1-23-17(16-13-25-12-14(20)4-5-19(25)21-16)11-15(22-23)18(26)3-2-6-24-7-9-27-10-8-24/h4-5,11-13H,2-3,6-10H2,1H3. The summed E-state index contributed by atoms with van der Waals surface area (Å²) in [7, 11) is 1.85. The number of ether oxygens (including phenoxy) is 1. The van der Waals surface area contributed by atoms with Gasteiger partial charge < -0.3 is 9.14 Å². The van der Waals surface area contributed by atoms with Crippen molar-refractivity contribution in [1.82, 2.24) is 24.1 Å². The van der Waals surface area contributed by atoms with Crippen LogP contribution in [-0.4, -0.2) is 62.7 Å². The lowest BCUT2D eigenvalue weighted by atomic mass is 10.1. The third-order valence-corrected chi connectivity index (χ3v) is 5.29. The van der Waals surface area contributed by atoms with Gasteiger partial charge in [-0.1, -0.05) is 0 Å². The summed E-state index contributed by atoms with van der Waals surface area (Å²) in [5, 5.41) is 4.42. The number of Topliss-reactive ketones (excluding diaryl/α,β-unsaturated/α-hetero) is 1. The highest BCUT2D eigenvalue weighted by Gasteiger charge is 2.17. The van der Waals surface area contributed by atoms with Gasteiger partial charge in [0.1, 0.15) is 17.0 Å². The van der Waals surface area contributed by atoms with Crippen LogP contribution in [0.4, 0.5) is 0 Å². The zero-order valence-corrected chi connectivity index (χ0v) is 16.9. The van der Waals surface area contributed by atoms with Crippen LogP contribution >= 0.6 is 15.9 Å². The topological polar surface area (TPSA) is 64.7 Å². The molecule has 0 N–H and O–H groups in total. The maximum Gasteiger partial charge on any atom is 0.183 e. The number of hydrogen-bond donors (Lipinski definition) is 0. The molecule has 1 saturated heterocycles. The van der Waals surface area contributed by atoms with Gasteiger partial charge in [0.05, 0.1) is 18.9 Å². The maximum atomic E-state index is 12.5. The number of pyridine rings is 1. The number of imidazole rings is 1. The van der Waals surface area contributed by atoms with Crippen LogP contribution in [0.25, 0.3) is 17.0 Å². The number of aromatic nitrogens is 4. The molecule has 0 amide bonds. The van der Waals surface area contributed by atoms with E-state index in [4.69, 9.17) is 4.74 Å². The molecule has 0 aromatic carbocycles. The third-order valence-electron chi connectivity index (χ3n) is 4.82. The molecular weight excluding hydrogens is 410 g/mol. The van der Waals surface area contributed by atoms with Gasteiger partial charge in [0.15, 0.2) is 5.78 Å². The largest absolute Gasteiger partial charge is 0.379 e. The Morgan fingerprint density at radius 3 is 2.89 bits per heavy atom. The number of hydrogen-bond acceptors (Lipinski definition) is 5. The van der Waals surface area contributed by atoms with Gasteiger partial charge in [-0.3, -0.25) is 14.4 Å². The van der Waals surface area contributed by atoms with Crippen molar-refractivity contribution >= 4 is 27.4 Å². The van der Waals surface area contributed by atoms with Crippen LogP contribution in [0.5, 0.6) is 0 Å². The Balaban J connectivity index is 1.44. The number of aryl methyl sites for hydroxylation is 1. The first-order valence-corrected chi connectivity index (χ1v) is 9.91. The summed E-state index contributed by atoms with van der Waals surface area (Å²) in [6.07, 6.45) is 5.25. The summed E-state index contributed by atoms with van der Waals surface area (Å²) in [5.74, 6) is 0.0802. The second-order valence-corrected chi connectivity index (χ2v) is 7.67. The Kier molecular flexibility index (Phi) is 5.38. The Labute approximate surface area is 166 Å². The van der Waals surface area contributed by atoms with Gasteiger partial charge in [-0.05, 0) is 47.1 Å². The van der Waals surface area contributed by atoms with Gasteiger partial charge in [0.25, 0.3) is 0 Å². The summed E-state index contributed by atoms with van der Waals surface area (Å²) in [5.41, 5.74) is 3.00. The molecule has 4 rings (SSSR count). The second-order valence-electron chi connectivity index (χ2n) is 6.76. The highest BCUT2D eigenvalue weighted by atomic mass is 79.9. The maximum absolute atomic E-state index is 12.5. The predicted octanol–water partition coefficient (Wildman–Crippen LogP) is 2.79. The minimum atomic E-state index is 0.0802. The van der Waals surface area contributed by atoms with Crippen molar-refractivity contribution in [2.24, 2.45) is 7.05 Å². The number of rotatable bonds is 6. The molecule has 7 nitrogen and oxygen atoms in total. The normalized spacial score (nSPS) is 15.5. The third kappa shape index (κ3) is 4.12. The Morgan fingerprint density at radius 2 is 2.07 bits per heavy atom. The number of fused-ring (bicyclic) bond motifs is 1. The lowest BCUT2D eigenvalue weighted by Crippen LogP contribution is -2.36. The van der Waals surface area contributed by atoms with E-state index in [9.17, 15) is 4.79 Å². The Morgan fingerprint density at radius 1 is 1.26 bits per heavy atom. The SMILES string of the molecule is Cn1nc(C(=O)CCCN2CCOCC2)cc1-c1cn2cc(Br)ccc2n1. The van der Waals surface area contributed by atoms with E-state index in [1.807, 2.05) is 42.0 Å². The van der Waals surface area contributed by atoms with Gasteiger partial charge in [0.2, 0.25) is 0 Å². The molecule has 0 spiro atoms. The fourth-order valence-corrected chi connectivity index (χ4v) is 3.70. The summed E-state index contributed by atoms with van der Waals surface area (Å²) in [6.45, 7) is 4.40. The monoisotopic (exact) mass is 431 g/mol. The first-order valence-electron chi connectivity index (χ1n) is 9.12. The van der Waals surface area contributed by atoms with Crippen LogP contribution in [-0.2, 0) is 11.8 Å². The molecule has 4 heterocycles. The van der Waals surface area contributed by atoms with E-state index in [-0.39, 0.29) is 5.78 Å². The molecule has 0 bridgehead atoms. The lowest BCUT2D eigenvalue weighted by molar-refractivity contribution is 0.0371. The molecule has 0 unspecified atom stereocenters. The van der Waals surface area contributed by atoms with E-state index in [2.05, 4.69) is 30.9 Å². The average molecular weight is 432 g/mol. The molecule has 1 aliphatic rings. The zero-order valence-electron chi connectivity index (χ0n) is 15.3. The average Bonchev–Trinajstić information content (AvgIpc) is 3.25. The molecule has 3 aromatic heterocycles. The minimum absolute atomic E-state index is 0.0802. The smallest absolute Gasteiger partial charge is 0.183 e. The van der Waals surface area contributed by atoms with Crippen molar-refractivity contribution in [2.75, 3.05) is 32.8 Å². The van der Waals surface area contributed by atoms with Gasteiger partial charge in [-0.15, -0.1) is 0 Å².